The summed E-state index contributed by atoms with van der Waals surface area (Å²) in [7, 11) is 3.57. The highest BCUT2D eigenvalue weighted by Crippen LogP contribution is 2.44. The van der Waals surface area contributed by atoms with Gasteiger partial charge in [-0.2, -0.15) is 0 Å². The lowest BCUT2D eigenvalue weighted by Gasteiger charge is -2.32. The lowest BCUT2D eigenvalue weighted by molar-refractivity contribution is -0.119. The van der Waals surface area contributed by atoms with Gasteiger partial charge in [0.1, 0.15) is 29.0 Å². The number of aromatic nitrogens is 6. The van der Waals surface area contributed by atoms with Crippen molar-refractivity contribution in [1.82, 2.24) is 34.7 Å². The zero-order valence-corrected chi connectivity index (χ0v) is 40.2. The smallest absolute Gasteiger partial charge is 0.227 e. The standard InChI is InChI=1S/C29H30ClFN4O3.C23H28N4O3/c1-16-28(17(2)38-33-16)18-4-11-25-24(14-18)32-29(35(25)19-5-8-21(37-3)9-6-19)26-12-13-27(36)34(26)20-7-10-23(31)22(30)15-20;1-13-22(14(2)30-26-13)15-4-10-20-19(12-15)25-23(18-9-11-21(28)24-18)27(20)16-5-7-17(29-3)8-6-16/h4,7,10-11,14-15,19,21,26H,5-6,8-9,12-13H2,1-3H3;4,10,12,16-18H,5-9,11H2,1-3H3,(H,24,28)/t19?,21?,26-;16?,17?,18-/m00/s1. The minimum absolute atomic E-state index is 0.00329. The Morgan fingerprint density at radius 3 is 1.66 bits per heavy atom. The van der Waals surface area contributed by atoms with Crippen molar-refractivity contribution in [1.29, 1.82) is 0 Å². The summed E-state index contributed by atoms with van der Waals surface area (Å²) < 4.78 is 40.6. The number of benzene rings is 3. The number of aryl methyl sites for hydroxylation is 4. The van der Waals surface area contributed by atoms with Gasteiger partial charge in [0.2, 0.25) is 11.8 Å². The fourth-order valence-corrected chi connectivity index (χ4v) is 11.5. The summed E-state index contributed by atoms with van der Waals surface area (Å²) in [6.45, 7) is 7.74. The van der Waals surface area contributed by atoms with Crippen LogP contribution >= 0.6 is 11.6 Å². The van der Waals surface area contributed by atoms with Gasteiger partial charge in [-0.3, -0.25) is 9.59 Å². The second-order valence-corrected chi connectivity index (χ2v) is 19.3. The van der Waals surface area contributed by atoms with Crippen molar-refractivity contribution in [2.75, 3.05) is 19.1 Å². The molecule has 2 saturated heterocycles. The number of nitrogens with one attached hydrogen (secondary N) is 1. The van der Waals surface area contributed by atoms with E-state index in [2.05, 4.69) is 61.2 Å². The molecule has 0 unspecified atom stereocenters. The molecule has 7 aromatic rings. The minimum Gasteiger partial charge on any atom is -0.381 e. The molecule has 2 amide bonds. The molecule has 2 aliphatic carbocycles. The third-order valence-electron chi connectivity index (χ3n) is 14.8. The van der Waals surface area contributed by atoms with E-state index >= 15 is 0 Å². The zero-order chi connectivity index (χ0) is 47.4. The monoisotopic (exact) mass is 944 g/mol. The number of hydrogen-bond acceptors (Lipinski definition) is 10. The largest absolute Gasteiger partial charge is 0.381 e. The molecule has 11 rings (SSSR count). The second kappa shape index (κ2) is 18.9. The van der Waals surface area contributed by atoms with Crippen molar-refractivity contribution in [2.45, 2.75) is 141 Å². The number of carbonyl (C=O) groups excluding carboxylic acids is 2. The first-order chi connectivity index (χ1) is 32.9. The Balaban J connectivity index is 0.000000163. The zero-order valence-electron chi connectivity index (χ0n) is 39.5. The van der Waals surface area contributed by atoms with Crippen LogP contribution in [0, 0.1) is 33.5 Å². The molecule has 6 heterocycles. The summed E-state index contributed by atoms with van der Waals surface area (Å²) >= 11 is 6.11. The number of halogens is 2. The van der Waals surface area contributed by atoms with Crippen LogP contribution in [0.25, 0.3) is 44.3 Å². The SMILES string of the molecule is COC1CCC(n2c([C@@H]3CCC(=O)N3)nc3cc(-c4c(C)noc4C)ccc32)CC1.COC1CCC(n2c([C@@H]3CCC(=O)N3c3ccc(F)c(Cl)c3)nc3cc(-c4c(C)noc4C)ccc32)CC1. The molecule has 2 aliphatic heterocycles. The summed E-state index contributed by atoms with van der Waals surface area (Å²) in [5, 5.41) is 11.3. The Labute approximate surface area is 399 Å². The Morgan fingerprint density at radius 1 is 0.662 bits per heavy atom. The van der Waals surface area contributed by atoms with E-state index in [-0.39, 0.29) is 41.1 Å². The number of ether oxygens (including phenoxy) is 2. The lowest BCUT2D eigenvalue weighted by atomic mass is 9.92. The van der Waals surface area contributed by atoms with Gasteiger partial charge in [0.25, 0.3) is 0 Å². The van der Waals surface area contributed by atoms with Crippen LogP contribution < -0.4 is 10.2 Å². The fraction of sp³-hybridized carbons (Fsp3) is 0.462. The predicted molar refractivity (Wildman–Crippen MR) is 257 cm³/mol. The molecule has 2 saturated carbocycles. The van der Waals surface area contributed by atoms with E-state index in [1.54, 1.807) is 25.2 Å². The summed E-state index contributed by atoms with van der Waals surface area (Å²) in [6, 6.07) is 17.5. The second-order valence-electron chi connectivity index (χ2n) is 18.9. The normalized spacial score (nSPS) is 23.1. The van der Waals surface area contributed by atoms with Crippen molar-refractivity contribution in [3.63, 3.8) is 0 Å². The highest BCUT2D eigenvalue weighted by Gasteiger charge is 2.39. The van der Waals surface area contributed by atoms with Crippen molar-refractivity contribution < 1.29 is 32.5 Å². The van der Waals surface area contributed by atoms with Gasteiger partial charge in [0, 0.05) is 56.0 Å². The Kier molecular flexibility index (Phi) is 12.7. The Bertz CT molecular complexity index is 2970. The number of carbonyl (C=O) groups is 2. The van der Waals surface area contributed by atoms with Crippen LogP contribution in [0.5, 0.6) is 0 Å². The van der Waals surface area contributed by atoms with Crippen molar-refractivity contribution in [2.24, 2.45) is 0 Å². The van der Waals surface area contributed by atoms with Gasteiger partial charge >= 0.3 is 0 Å². The van der Waals surface area contributed by atoms with Gasteiger partial charge in [0.15, 0.2) is 0 Å². The number of imidazole rings is 2. The highest BCUT2D eigenvalue weighted by atomic mass is 35.5. The van der Waals surface area contributed by atoms with E-state index in [1.807, 2.05) is 27.7 Å². The number of amides is 2. The molecule has 14 nitrogen and oxygen atoms in total. The summed E-state index contributed by atoms with van der Waals surface area (Å²) in [6.07, 6.45) is 11.1. The number of nitrogens with zero attached hydrogens (tertiary/aromatic N) is 7. The predicted octanol–water partition coefficient (Wildman–Crippen LogP) is 11.5. The van der Waals surface area contributed by atoms with Gasteiger partial charge in [-0.1, -0.05) is 34.0 Å². The van der Waals surface area contributed by atoms with Crippen LogP contribution in [-0.2, 0) is 19.1 Å². The van der Waals surface area contributed by atoms with Crippen LogP contribution in [0.3, 0.4) is 0 Å². The fourth-order valence-electron chi connectivity index (χ4n) is 11.4. The molecule has 4 aliphatic rings. The maximum Gasteiger partial charge on any atom is 0.227 e. The van der Waals surface area contributed by atoms with Gasteiger partial charge in [-0.05, 0) is 145 Å². The third kappa shape index (κ3) is 8.51. The molecule has 3 aromatic carbocycles. The molecule has 356 valence electrons. The van der Waals surface area contributed by atoms with Gasteiger partial charge < -0.3 is 37.9 Å². The van der Waals surface area contributed by atoms with Crippen LogP contribution in [0.1, 0.15) is 136 Å². The highest BCUT2D eigenvalue weighted by molar-refractivity contribution is 6.31. The van der Waals surface area contributed by atoms with Gasteiger partial charge in [-0.15, -0.1) is 0 Å². The van der Waals surface area contributed by atoms with E-state index in [0.717, 1.165) is 137 Å². The topological polar surface area (TPSA) is 156 Å². The molecule has 16 heteroatoms. The number of methoxy groups -OCH3 is 2. The van der Waals surface area contributed by atoms with E-state index in [0.29, 0.717) is 37.1 Å². The molecule has 4 fully saturated rings. The summed E-state index contributed by atoms with van der Waals surface area (Å²) in [5.74, 6) is 2.99. The molecule has 0 spiro atoms. The van der Waals surface area contributed by atoms with Crippen LogP contribution in [0.2, 0.25) is 5.02 Å². The average Bonchev–Trinajstić information content (AvgIpc) is 4.22. The molecular weight excluding hydrogens is 887 g/mol. The third-order valence-corrected chi connectivity index (χ3v) is 15.1. The van der Waals surface area contributed by atoms with E-state index in [1.165, 1.54) is 12.1 Å². The van der Waals surface area contributed by atoms with E-state index in [4.69, 9.17) is 40.1 Å². The maximum absolute atomic E-state index is 13.9. The quantitative estimate of drug-likeness (QED) is 0.148. The summed E-state index contributed by atoms with van der Waals surface area (Å²) in [5.41, 5.74) is 10.3. The maximum atomic E-state index is 13.9. The number of fused-ring (bicyclic) bond motifs is 2. The first kappa shape index (κ1) is 45.9. The van der Waals surface area contributed by atoms with Crippen molar-refractivity contribution in [3.05, 3.63) is 100.0 Å². The Morgan fingerprint density at radius 2 is 1.19 bits per heavy atom. The first-order valence-electron chi connectivity index (χ1n) is 23.9. The number of hydrogen-bond donors (Lipinski definition) is 1. The molecule has 4 aromatic heterocycles. The van der Waals surface area contributed by atoms with Gasteiger partial charge in [0.05, 0.1) is 62.8 Å². The van der Waals surface area contributed by atoms with Gasteiger partial charge in [-0.25, -0.2) is 14.4 Å². The van der Waals surface area contributed by atoms with Crippen LogP contribution in [-0.4, -0.2) is 67.7 Å². The lowest BCUT2D eigenvalue weighted by Crippen LogP contribution is -2.31. The van der Waals surface area contributed by atoms with Crippen molar-refractivity contribution >= 4 is 51.2 Å². The molecule has 0 bridgehead atoms. The number of anilines is 1. The molecular formula is C52H58ClFN8O6. The molecule has 0 radical (unpaired) electrons. The molecule has 68 heavy (non-hydrogen) atoms. The summed E-state index contributed by atoms with van der Waals surface area (Å²) in [4.78, 5) is 37.0. The first-order valence-corrected chi connectivity index (χ1v) is 24.3. The van der Waals surface area contributed by atoms with Crippen LogP contribution in [0.15, 0.2) is 63.6 Å². The van der Waals surface area contributed by atoms with E-state index in [9.17, 15) is 14.0 Å². The van der Waals surface area contributed by atoms with Crippen molar-refractivity contribution in [3.8, 4) is 22.3 Å². The van der Waals surface area contributed by atoms with Crippen LogP contribution in [0.4, 0.5) is 10.1 Å². The molecule has 1 N–H and O–H groups in total. The average molecular weight is 946 g/mol. The minimum atomic E-state index is -0.507. The number of rotatable bonds is 9. The molecule has 2 atom stereocenters. The Hall–Kier alpha value is -5.90. The van der Waals surface area contributed by atoms with E-state index < -0.39 is 5.82 Å².